The van der Waals surface area contributed by atoms with Crippen molar-refractivity contribution in [3.63, 3.8) is 0 Å². The number of amides is 2. The molecule has 0 aliphatic rings. The van der Waals surface area contributed by atoms with E-state index in [0.29, 0.717) is 12.1 Å². The van der Waals surface area contributed by atoms with Crippen molar-refractivity contribution < 1.29 is 19.5 Å². The summed E-state index contributed by atoms with van der Waals surface area (Å²) in [6, 6.07) is 13.7. The zero-order valence-electron chi connectivity index (χ0n) is 17.3. The third kappa shape index (κ3) is 6.45. The molecule has 6 heteroatoms. The Bertz CT molecular complexity index is 882. The van der Waals surface area contributed by atoms with Gasteiger partial charge in [0.05, 0.1) is 12.5 Å². The Morgan fingerprint density at radius 2 is 1.62 bits per heavy atom. The molecule has 2 aromatic rings. The molecule has 0 heterocycles. The van der Waals surface area contributed by atoms with E-state index in [0.717, 1.165) is 16.7 Å². The predicted octanol–water partition coefficient (Wildman–Crippen LogP) is 3.60. The topological polar surface area (TPSA) is 95.5 Å². The molecule has 2 aromatic carbocycles. The van der Waals surface area contributed by atoms with Gasteiger partial charge in [-0.3, -0.25) is 14.4 Å². The van der Waals surface area contributed by atoms with E-state index in [1.807, 2.05) is 52.0 Å². The summed E-state index contributed by atoms with van der Waals surface area (Å²) >= 11 is 0. The van der Waals surface area contributed by atoms with Crippen LogP contribution in [0.1, 0.15) is 60.3 Å². The molecular formula is C23H28N2O4. The van der Waals surface area contributed by atoms with Crippen LogP contribution >= 0.6 is 0 Å². The molecule has 0 aromatic heterocycles. The van der Waals surface area contributed by atoms with Crippen LogP contribution in [-0.2, 0) is 16.1 Å². The van der Waals surface area contributed by atoms with E-state index in [-0.39, 0.29) is 18.2 Å². The molecule has 2 amide bonds. The van der Waals surface area contributed by atoms with Gasteiger partial charge in [0.15, 0.2) is 0 Å². The molecule has 0 bridgehead atoms. The molecule has 0 radical (unpaired) electrons. The molecule has 6 nitrogen and oxygen atoms in total. The van der Waals surface area contributed by atoms with Crippen LogP contribution in [0, 0.1) is 12.3 Å². The second kappa shape index (κ2) is 9.37. The Balaban J connectivity index is 2.07. The first-order chi connectivity index (χ1) is 13.6. The van der Waals surface area contributed by atoms with E-state index in [1.165, 1.54) is 0 Å². The van der Waals surface area contributed by atoms with Crippen LogP contribution in [-0.4, -0.2) is 22.9 Å². The number of carbonyl (C=O) groups excluding carboxylic acids is 2. The summed E-state index contributed by atoms with van der Waals surface area (Å²) in [6.45, 7) is 7.80. The number of benzene rings is 2. The number of carbonyl (C=O) groups is 3. The molecule has 0 saturated carbocycles. The van der Waals surface area contributed by atoms with Crippen molar-refractivity contribution in [2.24, 2.45) is 5.41 Å². The van der Waals surface area contributed by atoms with Crippen LogP contribution in [0.2, 0.25) is 0 Å². The Labute approximate surface area is 171 Å². The summed E-state index contributed by atoms with van der Waals surface area (Å²) in [4.78, 5) is 35.9. The lowest BCUT2D eigenvalue weighted by molar-refractivity contribution is -0.137. The fraction of sp³-hybridized carbons (Fsp3) is 0.348. The molecule has 1 atom stereocenters. The van der Waals surface area contributed by atoms with Gasteiger partial charge in [-0.05, 0) is 35.7 Å². The van der Waals surface area contributed by atoms with Gasteiger partial charge >= 0.3 is 5.97 Å². The maximum Gasteiger partial charge on any atom is 0.305 e. The zero-order chi connectivity index (χ0) is 21.6. The third-order valence-corrected chi connectivity index (χ3v) is 4.60. The van der Waals surface area contributed by atoms with Crippen LogP contribution < -0.4 is 10.6 Å². The van der Waals surface area contributed by atoms with Crippen LogP contribution in [0.15, 0.2) is 48.5 Å². The molecule has 29 heavy (non-hydrogen) atoms. The predicted molar refractivity (Wildman–Crippen MR) is 111 cm³/mol. The van der Waals surface area contributed by atoms with Crippen molar-refractivity contribution in [3.05, 3.63) is 70.8 Å². The maximum atomic E-state index is 12.7. The third-order valence-electron chi connectivity index (χ3n) is 4.60. The van der Waals surface area contributed by atoms with E-state index in [9.17, 15) is 19.5 Å². The lowest BCUT2D eigenvalue weighted by Gasteiger charge is -2.20. The monoisotopic (exact) mass is 396 g/mol. The summed E-state index contributed by atoms with van der Waals surface area (Å²) in [7, 11) is 0. The van der Waals surface area contributed by atoms with Gasteiger partial charge in [-0.1, -0.05) is 57.2 Å². The van der Waals surface area contributed by atoms with E-state index < -0.39 is 17.4 Å². The van der Waals surface area contributed by atoms with Crippen LogP contribution in [0.25, 0.3) is 0 Å². The van der Waals surface area contributed by atoms with Crippen LogP contribution in [0.5, 0.6) is 0 Å². The number of aliphatic carboxylic acids is 1. The Hall–Kier alpha value is -3.15. The fourth-order valence-corrected chi connectivity index (χ4v) is 2.85. The molecule has 1 unspecified atom stereocenters. The molecule has 0 aliphatic heterocycles. The lowest BCUT2D eigenvalue weighted by Crippen LogP contribution is -2.34. The summed E-state index contributed by atoms with van der Waals surface area (Å²) in [5.41, 5.74) is 2.54. The SMILES string of the molecule is Cc1ccccc1C(CC(=O)O)NC(=O)c1ccc(CNC(=O)C(C)(C)C)cc1. The largest absolute Gasteiger partial charge is 0.481 e. The van der Waals surface area contributed by atoms with Gasteiger partial charge < -0.3 is 15.7 Å². The van der Waals surface area contributed by atoms with Crippen molar-refractivity contribution in [2.45, 2.75) is 46.7 Å². The van der Waals surface area contributed by atoms with Crippen molar-refractivity contribution in [2.75, 3.05) is 0 Å². The Kier molecular flexibility index (Phi) is 7.15. The quantitative estimate of drug-likeness (QED) is 0.666. The standard InChI is InChI=1S/C23H28N2O4/c1-15-7-5-6-8-18(15)19(13-20(26)27)25-21(28)17-11-9-16(10-12-17)14-24-22(29)23(2,3)4/h5-12,19H,13-14H2,1-4H3,(H,24,29)(H,25,28)(H,26,27). The minimum atomic E-state index is -0.983. The molecule has 2 rings (SSSR count). The summed E-state index contributed by atoms with van der Waals surface area (Å²) in [5, 5.41) is 14.9. The first kappa shape index (κ1) is 22.1. The van der Waals surface area contributed by atoms with Crippen molar-refractivity contribution in [1.82, 2.24) is 10.6 Å². The zero-order valence-corrected chi connectivity index (χ0v) is 17.3. The lowest BCUT2D eigenvalue weighted by atomic mass is 9.95. The number of hydrogen-bond donors (Lipinski definition) is 3. The van der Waals surface area contributed by atoms with E-state index in [4.69, 9.17) is 0 Å². The smallest absolute Gasteiger partial charge is 0.305 e. The van der Waals surface area contributed by atoms with E-state index in [2.05, 4.69) is 10.6 Å². The van der Waals surface area contributed by atoms with Crippen molar-refractivity contribution >= 4 is 17.8 Å². The Morgan fingerprint density at radius 1 is 1.00 bits per heavy atom. The minimum absolute atomic E-state index is 0.0472. The summed E-state index contributed by atoms with van der Waals surface area (Å²) < 4.78 is 0. The van der Waals surface area contributed by atoms with Crippen molar-refractivity contribution in [3.8, 4) is 0 Å². The fourth-order valence-electron chi connectivity index (χ4n) is 2.85. The second-order valence-corrected chi connectivity index (χ2v) is 8.11. The highest BCUT2D eigenvalue weighted by atomic mass is 16.4. The van der Waals surface area contributed by atoms with Gasteiger partial charge in [-0.25, -0.2) is 0 Å². The number of hydrogen-bond acceptors (Lipinski definition) is 3. The number of nitrogens with one attached hydrogen (secondary N) is 2. The van der Waals surface area contributed by atoms with Crippen LogP contribution in [0.3, 0.4) is 0 Å². The van der Waals surface area contributed by atoms with Gasteiger partial charge in [0, 0.05) is 17.5 Å². The molecule has 0 aliphatic carbocycles. The maximum absolute atomic E-state index is 12.7. The van der Waals surface area contributed by atoms with E-state index in [1.54, 1.807) is 24.3 Å². The van der Waals surface area contributed by atoms with Crippen LogP contribution in [0.4, 0.5) is 0 Å². The number of rotatable bonds is 7. The molecule has 0 spiro atoms. The first-order valence-electron chi connectivity index (χ1n) is 9.53. The molecule has 154 valence electrons. The van der Waals surface area contributed by atoms with Gasteiger partial charge in [0.2, 0.25) is 5.91 Å². The Morgan fingerprint density at radius 3 is 2.17 bits per heavy atom. The molecule has 0 saturated heterocycles. The van der Waals surface area contributed by atoms with Gasteiger partial charge in [-0.2, -0.15) is 0 Å². The molecular weight excluding hydrogens is 368 g/mol. The second-order valence-electron chi connectivity index (χ2n) is 8.11. The minimum Gasteiger partial charge on any atom is -0.481 e. The van der Waals surface area contributed by atoms with Gasteiger partial charge in [0.1, 0.15) is 0 Å². The summed E-state index contributed by atoms with van der Waals surface area (Å²) in [6.07, 6.45) is -0.201. The number of carboxylic acid groups (broad SMARTS) is 1. The first-order valence-corrected chi connectivity index (χ1v) is 9.53. The highest BCUT2D eigenvalue weighted by Crippen LogP contribution is 2.21. The highest BCUT2D eigenvalue weighted by Gasteiger charge is 2.21. The van der Waals surface area contributed by atoms with Gasteiger partial charge in [0.25, 0.3) is 5.91 Å². The molecule has 3 N–H and O–H groups in total. The molecule has 0 fully saturated rings. The normalized spacial score (nSPS) is 12.1. The highest BCUT2D eigenvalue weighted by molar-refractivity contribution is 5.94. The summed E-state index contributed by atoms with van der Waals surface area (Å²) in [5.74, 6) is -1.37. The number of aryl methyl sites for hydroxylation is 1. The average molecular weight is 396 g/mol. The van der Waals surface area contributed by atoms with Gasteiger partial charge in [-0.15, -0.1) is 0 Å². The van der Waals surface area contributed by atoms with Crippen molar-refractivity contribution in [1.29, 1.82) is 0 Å². The van der Waals surface area contributed by atoms with E-state index >= 15 is 0 Å². The number of carboxylic acids is 1. The average Bonchev–Trinajstić information content (AvgIpc) is 2.65.